The minimum Gasteiger partial charge on any atom is -0.342 e. The third kappa shape index (κ3) is 4.12. The number of rotatable bonds is 3. The topological polar surface area (TPSA) is 29.1 Å². The highest BCUT2D eigenvalue weighted by atomic mass is 31.0. The number of hydrogen-bond acceptors (Lipinski definition) is 2. The van der Waals surface area contributed by atoms with Gasteiger partial charge in [0.15, 0.2) is 0 Å². The molecule has 1 unspecified atom stereocenters. The van der Waals surface area contributed by atoms with Crippen LogP contribution in [0.2, 0.25) is 6.32 Å². The van der Waals surface area contributed by atoms with Gasteiger partial charge in [0.1, 0.15) is 6.29 Å². The number of hydrogen-bond donors (Lipinski definition) is 1. The molecule has 0 aromatic heterocycles. The zero-order chi connectivity index (χ0) is 4.83. The predicted octanol–water partition coefficient (Wildman–Crippen LogP) is -0.665. The van der Waals surface area contributed by atoms with Gasteiger partial charge in [-0.15, -0.1) is 0 Å². The second-order valence-electron chi connectivity index (χ2n) is 0.909. The van der Waals surface area contributed by atoms with Crippen LogP contribution in [-0.2, 0) is 4.79 Å². The van der Waals surface area contributed by atoms with Gasteiger partial charge in [0.2, 0.25) is 7.41 Å². The zero-order valence-corrected chi connectivity index (χ0v) is 4.63. The lowest BCUT2D eigenvalue weighted by Gasteiger charge is -1.80. The molecule has 0 bridgehead atoms. The Bertz CT molecular complexity index is 42.5. The molecule has 34 valence electrons. The van der Waals surface area contributed by atoms with Crippen LogP contribution in [-0.4, -0.2) is 13.7 Å². The Morgan fingerprint density at radius 2 is 2.67 bits per heavy atom. The largest absolute Gasteiger partial charge is 0.342 e. The van der Waals surface area contributed by atoms with Gasteiger partial charge in [-0.05, 0) is 6.32 Å². The van der Waals surface area contributed by atoms with E-state index in [1.54, 1.807) is 0 Å². The minimum atomic E-state index is 0.601. The molecule has 4 heteroatoms. The highest BCUT2D eigenvalue weighted by Gasteiger charge is 1.78. The molecule has 0 aromatic carbocycles. The molecular formula is C2H7BNOP. The van der Waals surface area contributed by atoms with E-state index >= 15 is 0 Å². The van der Waals surface area contributed by atoms with Crippen LogP contribution in [0.4, 0.5) is 0 Å². The first-order valence-corrected chi connectivity index (χ1v) is 2.36. The molecule has 0 spiro atoms. The van der Waals surface area contributed by atoms with Gasteiger partial charge >= 0.3 is 0 Å². The van der Waals surface area contributed by atoms with E-state index in [1.807, 2.05) is 0 Å². The Morgan fingerprint density at radius 1 is 2.00 bits per heavy atom. The first kappa shape index (κ1) is 6.12. The summed E-state index contributed by atoms with van der Waals surface area (Å²) in [6.07, 6.45) is 1.49. The van der Waals surface area contributed by atoms with Crippen LogP contribution in [0, 0.1) is 0 Å². The Balaban J connectivity index is 2.49. The van der Waals surface area contributed by atoms with Crippen molar-refractivity contribution in [3.05, 3.63) is 0 Å². The molecule has 0 aromatic rings. The van der Waals surface area contributed by atoms with Crippen LogP contribution in [0.15, 0.2) is 0 Å². The van der Waals surface area contributed by atoms with Crippen molar-refractivity contribution < 1.29 is 4.79 Å². The van der Waals surface area contributed by atoms with Gasteiger partial charge in [-0.25, -0.2) is 0 Å². The van der Waals surface area contributed by atoms with Gasteiger partial charge in [-0.1, -0.05) is 9.39 Å². The van der Waals surface area contributed by atoms with Crippen molar-refractivity contribution in [3.63, 3.8) is 0 Å². The van der Waals surface area contributed by atoms with Crippen molar-refractivity contribution in [2.75, 3.05) is 0 Å². The smallest absolute Gasteiger partial charge is 0.211 e. The van der Waals surface area contributed by atoms with E-state index in [2.05, 4.69) is 14.4 Å². The molecule has 0 fully saturated rings. The van der Waals surface area contributed by atoms with E-state index in [1.165, 1.54) is 0 Å². The lowest BCUT2D eigenvalue weighted by Crippen LogP contribution is -2.03. The molecule has 0 heterocycles. The van der Waals surface area contributed by atoms with Crippen molar-refractivity contribution >= 4 is 23.1 Å². The first-order chi connectivity index (χ1) is 2.91. The summed E-state index contributed by atoms with van der Waals surface area (Å²) < 4.78 is 0. The van der Waals surface area contributed by atoms with Crippen molar-refractivity contribution in [3.8, 4) is 0 Å². The van der Waals surface area contributed by atoms with Gasteiger partial charge in [-0.3, -0.25) is 0 Å². The fourth-order valence-corrected chi connectivity index (χ4v) is 0.309. The van der Waals surface area contributed by atoms with Crippen LogP contribution in [0.5, 0.6) is 0 Å². The summed E-state index contributed by atoms with van der Waals surface area (Å²) >= 11 is 0. The standard InChI is InChI=1S/C2H7BNOP/c5-2-1-3-4-6/h2-4H,1,6H2. The zero-order valence-electron chi connectivity index (χ0n) is 3.48. The van der Waals surface area contributed by atoms with Gasteiger partial charge in [0, 0.05) is 0 Å². The van der Waals surface area contributed by atoms with Crippen LogP contribution in [0.25, 0.3) is 0 Å². The Morgan fingerprint density at radius 3 is 2.83 bits per heavy atom. The number of carbonyl (C=O) groups is 1. The fourth-order valence-electron chi connectivity index (χ4n) is 0.142. The average Bonchev–Trinajstić information content (AvgIpc) is 1.61. The molecule has 0 saturated heterocycles. The molecule has 0 saturated carbocycles. The molecule has 2 nitrogen and oxygen atoms in total. The van der Waals surface area contributed by atoms with E-state index in [-0.39, 0.29) is 0 Å². The maximum absolute atomic E-state index is 9.51. The summed E-state index contributed by atoms with van der Waals surface area (Å²) in [5, 5.41) is 0. The summed E-state index contributed by atoms with van der Waals surface area (Å²) in [6, 6.07) is 0. The van der Waals surface area contributed by atoms with E-state index in [0.29, 0.717) is 6.32 Å². The Hall–Kier alpha value is 0.125. The van der Waals surface area contributed by atoms with Crippen molar-refractivity contribution in [1.29, 1.82) is 0 Å². The van der Waals surface area contributed by atoms with Gasteiger partial charge in [0.25, 0.3) is 0 Å². The summed E-state index contributed by atoms with van der Waals surface area (Å²) in [5.41, 5.74) is 0. The summed E-state index contributed by atoms with van der Waals surface area (Å²) in [6.45, 7) is 0. The van der Waals surface area contributed by atoms with Gasteiger partial charge < -0.3 is 9.79 Å². The first-order valence-electron chi connectivity index (χ1n) is 1.79. The average molecular weight is 103 g/mol. The van der Waals surface area contributed by atoms with Crippen LogP contribution < -0.4 is 5.00 Å². The number of aldehydes is 1. The quantitative estimate of drug-likeness (QED) is 0.222. The Kier molecular flexibility index (Phi) is 5.23. The molecular weight excluding hydrogens is 95.8 g/mol. The van der Waals surface area contributed by atoms with Crippen LogP contribution in [0.1, 0.15) is 0 Å². The van der Waals surface area contributed by atoms with Crippen LogP contribution in [0.3, 0.4) is 0 Å². The SMILES string of the molecule is O=CCBNP. The second-order valence-corrected chi connectivity index (χ2v) is 1.32. The van der Waals surface area contributed by atoms with E-state index in [0.717, 1.165) is 13.7 Å². The monoisotopic (exact) mass is 103 g/mol. The maximum atomic E-state index is 9.51. The third-order valence-electron chi connectivity index (χ3n) is 0.407. The molecule has 6 heavy (non-hydrogen) atoms. The van der Waals surface area contributed by atoms with Gasteiger partial charge in [-0.2, -0.15) is 0 Å². The fraction of sp³-hybridized carbons (Fsp3) is 0.500. The van der Waals surface area contributed by atoms with E-state index in [4.69, 9.17) is 0 Å². The van der Waals surface area contributed by atoms with Crippen molar-refractivity contribution in [1.82, 2.24) is 5.00 Å². The molecule has 0 radical (unpaired) electrons. The Labute approximate surface area is 40.2 Å². The summed E-state index contributed by atoms with van der Waals surface area (Å²) in [4.78, 5) is 12.3. The van der Waals surface area contributed by atoms with Crippen molar-refractivity contribution in [2.45, 2.75) is 6.32 Å². The molecule has 0 rings (SSSR count). The van der Waals surface area contributed by atoms with Crippen molar-refractivity contribution in [2.24, 2.45) is 0 Å². The molecule has 0 aliphatic rings. The highest BCUT2D eigenvalue weighted by molar-refractivity contribution is 7.16. The molecule has 1 N–H and O–H groups in total. The third-order valence-corrected chi connectivity index (χ3v) is 0.695. The van der Waals surface area contributed by atoms with E-state index < -0.39 is 0 Å². The number of nitrogens with one attached hydrogen (secondary N) is 1. The highest BCUT2D eigenvalue weighted by Crippen LogP contribution is 1.67. The summed E-state index contributed by atoms with van der Waals surface area (Å²) in [7, 11) is 3.08. The van der Waals surface area contributed by atoms with Gasteiger partial charge in [0.05, 0.1) is 0 Å². The molecule has 1 atom stereocenters. The second kappa shape index (κ2) is 5.12. The molecule has 0 aliphatic heterocycles. The predicted molar refractivity (Wildman–Crippen MR) is 30.9 cm³/mol. The molecule has 0 amide bonds. The minimum absolute atomic E-state index is 0.601. The summed E-state index contributed by atoms with van der Waals surface area (Å²) in [5.74, 6) is 0. The van der Waals surface area contributed by atoms with Crippen LogP contribution >= 0.6 is 9.39 Å². The lowest BCUT2D eigenvalue weighted by atomic mass is 9.93. The molecule has 0 aliphatic carbocycles. The normalized spacial score (nSPS) is 7.50. The van der Waals surface area contributed by atoms with E-state index in [9.17, 15) is 4.79 Å². The lowest BCUT2D eigenvalue weighted by molar-refractivity contribution is -0.106. The maximum Gasteiger partial charge on any atom is 0.211 e. The number of carbonyl (C=O) groups excluding carboxylic acids is 1.